The van der Waals surface area contributed by atoms with Gasteiger partial charge in [0.15, 0.2) is 6.17 Å². The van der Waals surface area contributed by atoms with E-state index in [2.05, 4.69) is 30.2 Å². The number of fused-ring (bicyclic) bond motifs is 1. The van der Waals surface area contributed by atoms with Crippen LogP contribution in [0.3, 0.4) is 0 Å². The number of amidine groups is 1. The number of carbonyl (C=O) groups is 3. The van der Waals surface area contributed by atoms with Gasteiger partial charge in [-0.1, -0.05) is 127 Å². The number of phenols is 2. The minimum Gasteiger partial charge on any atom is -0.850 e. The molecule has 8 N–H and O–H groups in total. The maximum absolute atomic E-state index is 13.2. The molecule has 0 aliphatic carbocycles. The third kappa shape index (κ3) is 22.8. The first-order valence-electron chi connectivity index (χ1n) is 28.0. The fourth-order valence-electron chi connectivity index (χ4n) is 9.24. The Bertz CT molecular complexity index is 3070. The number of rotatable bonds is 14. The number of hydrogen-bond acceptors (Lipinski definition) is 17. The van der Waals surface area contributed by atoms with E-state index in [1.807, 2.05) is 52.0 Å². The standard InChI is InChI=1S/C25H28Cl2N6O2.C15H21NO3.C12H13Cl2N5O.C4H10O.C4H9O.CH4.K/c1-14(2)22-21-24(33(31-22)23-17(26)11-28-12-18(23)27)29-20(30-25(21)35)10-15-5-6-16(19(34)9-15)13-32-7-3-4-8-32;1-2-19-15(18)10-12-5-6-13(14(17)9-12)11-16-7-3-4-8-16;1-5(2)9-8(12(16)20)11(15)19(18-9)10-6(13)3-17-4-7(10)14;2*1-4(2,3)5;;/h5-6,9,11-12,14,21,24,34H,3-4,7-8,10,13H2,1-2H3,(H,29,30,35);5-6,9,17H,2-4,7-8,10-11H2,1H3;3-5H,15H2,1-2H3,(H2,16,20);5H,1-3H3;1-3H3;1H4;/q;;;;-1;;+1. The molecule has 3 aromatic heterocycles. The Labute approximate surface area is 569 Å². The second-order valence-corrected chi connectivity index (χ2v) is 24.9. The predicted molar refractivity (Wildman–Crippen MR) is 338 cm³/mol. The summed E-state index contributed by atoms with van der Waals surface area (Å²) in [6.45, 7) is 25.9. The number of hydrazone groups is 1. The number of aliphatic imine (C=N–C) groups is 1. The number of benzene rings is 2. The van der Waals surface area contributed by atoms with Crippen LogP contribution in [0, 0.1) is 11.8 Å². The first-order chi connectivity index (χ1) is 39.3. The van der Waals surface area contributed by atoms with Crippen LogP contribution in [0.15, 0.2) is 71.3 Å². The van der Waals surface area contributed by atoms with Crippen molar-refractivity contribution >= 4 is 87.2 Å². The van der Waals surface area contributed by atoms with Gasteiger partial charge in [-0.2, -0.15) is 10.2 Å². The number of ether oxygens (including phenoxy) is 1. The molecule has 0 radical (unpaired) electrons. The fraction of sp³-hybridized carbons (Fsp3) is 0.508. The third-order valence-corrected chi connectivity index (χ3v) is 14.0. The number of phenolic OH excluding ortho intramolecular Hbond substituents is 2. The quantitative estimate of drug-likeness (QED) is 0.0471. The topological polar surface area (TPSA) is 286 Å². The van der Waals surface area contributed by atoms with E-state index in [0.29, 0.717) is 46.0 Å². The monoisotopic (exact) mass is 1290 g/mol. The molecule has 2 fully saturated rings. The van der Waals surface area contributed by atoms with Gasteiger partial charge in [0.2, 0.25) is 5.91 Å². The van der Waals surface area contributed by atoms with E-state index in [0.717, 1.165) is 67.2 Å². The van der Waals surface area contributed by atoms with Crippen molar-refractivity contribution in [1.29, 1.82) is 0 Å². The minimum atomic E-state index is -0.750. The Morgan fingerprint density at radius 2 is 1.22 bits per heavy atom. The molecule has 2 unspecified atom stereocenters. The molecule has 7 heterocycles. The number of carbonyl (C=O) groups excluding carboxylic acids is 3. The van der Waals surface area contributed by atoms with Gasteiger partial charge in [-0.05, 0) is 115 Å². The molecule has 25 heteroatoms. The Morgan fingerprint density at radius 3 is 1.63 bits per heavy atom. The number of halogens is 4. The van der Waals surface area contributed by atoms with E-state index in [4.69, 9.17) is 77.8 Å². The zero-order valence-corrected chi connectivity index (χ0v) is 57.0. The zero-order valence-electron chi connectivity index (χ0n) is 50.8. The number of esters is 1. The number of anilines is 2. The van der Waals surface area contributed by atoms with Crippen LogP contribution < -0.4 is 78.3 Å². The molecule has 20 nitrogen and oxygen atoms in total. The molecule has 2 amide bonds. The molecule has 86 heavy (non-hydrogen) atoms. The Kier molecular flexibility index (Phi) is 30.4. The molecule has 466 valence electrons. The van der Waals surface area contributed by atoms with Crippen LogP contribution in [0.4, 0.5) is 11.5 Å². The average molecular weight is 1300 g/mol. The molecule has 2 saturated heterocycles. The van der Waals surface area contributed by atoms with Gasteiger partial charge in [-0.15, -0.1) is 5.60 Å². The number of nitrogens with zero attached hydrogens (tertiary/aromatic N) is 9. The number of aromatic nitrogens is 4. The van der Waals surface area contributed by atoms with Crippen molar-refractivity contribution in [2.45, 2.75) is 158 Å². The summed E-state index contributed by atoms with van der Waals surface area (Å²) in [4.78, 5) is 53.6. The zero-order chi connectivity index (χ0) is 62.4. The average Bonchev–Trinajstić information content (AvgIpc) is 1.74. The summed E-state index contributed by atoms with van der Waals surface area (Å²) in [7, 11) is 0. The molecule has 2 aromatic carbocycles. The summed E-state index contributed by atoms with van der Waals surface area (Å²) >= 11 is 25.0. The number of nitrogen functional groups attached to an aromatic ring is 1. The minimum absolute atomic E-state index is 0. The molecule has 0 spiro atoms. The summed E-state index contributed by atoms with van der Waals surface area (Å²) in [5, 5.41) is 54.1. The van der Waals surface area contributed by atoms with E-state index < -0.39 is 29.2 Å². The van der Waals surface area contributed by atoms with Gasteiger partial charge in [-0.25, -0.2) is 14.7 Å². The normalized spacial score (nSPS) is 16.5. The molecule has 4 aliphatic rings. The van der Waals surface area contributed by atoms with Crippen LogP contribution in [-0.4, -0.2) is 124 Å². The molecule has 0 bridgehead atoms. The van der Waals surface area contributed by atoms with E-state index in [1.165, 1.54) is 55.2 Å². The van der Waals surface area contributed by atoms with Crippen LogP contribution in [0.25, 0.3) is 5.69 Å². The fourth-order valence-corrected chi connectivity index (χ4v) is 10.3. The van der Waals surface area contributed by atoms with Crippen LogP contribution in [-0.2, 0) is 40.3 Å². The third-order valence-electron chi connectivity index (χ3n) is 12.9. The van der Waals surface area contributed by atoms with E-state index in [-0.39, 0.29) is 122 Å². The molecule has 5 aromatic rings. The van der Waals surface area contributed by atoms with Crippen molar-refractivity contribution in [3.8, 4) is 17.2 Å². The largest absolute Gasteiger partial charge is 1.00 e. The number of amides is 2. The summed E-state index contributed by atoms with van der Waals surface area (Å²) in [6.07, 6.45) is 10.7. The number of primary amides is 1. The van der Waals surface area contributed by atoms with Crippen molar-refractivity contribution in [2.24, 2.45) is 27.7 Å². The molecular weight excluding hydrogens is 1210 g/mol. The number of nitrogens with one attached hydrogen (secondary N) is 1. The predicted octanol–water partition coefficient (Wildman–Crippen LogP) is 7.27. The Morgan fingerprint density at radius 1 is 0.779 bits per heavy atom. The van der Waals surface area contributed by atoms with Crippen molar-refractivity contribution < 1.29 is 90.9 Å². The van der Waals surface area contributed by atoms with Gasteiger partial charge in [0.25, 0.3) is 5.91 Å². The van der Waals surface area contributed by atoms with Crippen LogP contribution in [0.1, 0.15) is 153 Å². The number of aliphatic hydroxyl groups is 1. The van der Waals surface area contributed by atoms with E-state index in [1.54, 1.807) is 65.6 Å². The van der Waals surface area contributed by atoms with Crippen LogP contribution in [0.2, 0.25) is 20.1 Å². The Balaban J connectivity index is 0.000000326. The van der Waals surface area contributed by atoms with Crippen molar-refractivity contribution in [1.82, 2.24) is 34.9 Å². The first kappa shape index (κ1) is 75.8. The number of aromatic hydroxyl groups is 2. The molecule has 4 aliphatic heterocycles. The first-order valence-corrected chi connectivity index (χ1v) is 29.5. The van der Waals surface area contributed by atoms with Gasteiger partial charge in [0, 0.05) is 55.4 Å². The SMILES string of the molecule is C.CC(C)(C)O.CC(C)(C)[O-].CC(C)C1=NN(c2c(Cl)cncc2Cl)C2N=C(Cc3ccc(CN4CCCC4)c(O)c3)NC(=O)C12.CC(C)c1nn(-c2c(Cl)cncc2Cl)c(N)c1C(N)=O.CCOC(=O)Cc1ccc(CN2CCCC2)c(O)c1.[K+]. The van der Waals surface area contributed by atoms with Crippen molar-refractivity contribution in [3.63, 3.8) is 0 Å². The van der Waals surface area contributed by atoms with Gasteiger partial charge < -0.3 is 41.9 Å². The second kappa shape index (κ2) is 34.5. The van der Waals surface area contributed by atoms with Crippen molar-refractivity contribution in [2.75, 3.05) is 43.5 Å². The molecule has 0 saturated carbocycles. The maximum Gasteiger partial charge on any atom is 1.00 e. The maximum atomic E-state index is 13.2. The molecule has 9 rings (SSSR count). The molecular formula is C61H85Cl4KN12O8. The van der Waals surface area contributed by atoms with Gasteiger partial charge in [-0.3, -0.25) is 34.2 Å². The summed E-state index contributed by atoms with van der Waals surface area (Å²) < 4.78 is 6.22. The molecule has 2 atom stereocenters. The second-order valence-electron chi connectivity index (χ2n) is 23.3. The van der Waals surface area contributed by atoms with E-state index >= 15 is 0 Å². The number of nitrogens with two attached hydrogens (primary N) is 2. The van der Waals surface area contributed by atoms with Crippen LogP contribution in [0.5, 0.6) is 11.5 Å². The summed E-state index contributed by atoms with van der Waals surface area (Å²) in [5.74, 6) is -0.443. The number of hydrogen-bond donors (Lipinski definition) is 6. The van der Waals surface area contributed by atoms with Crippen molar-refractivity contribution in [3.05, 3.63) is 115 Å². The van der Waals surface area contributed by atoms with Crippen LogP contribution >= 0.6 is 46.4 Å². The number of likely N-dealkylation sites (tertiary alicyclic amines) is 2. The smallest absolute Gasteiger partial charge is 0.850 e. The van der Waals surface area contributed by atoms with Gasteiger partial charge in [0.05, 0.1) is 50.1 Å². The van der Waals surface area contributed by atoms with Gasteiger partial charge >= 0.3 is 57.4 Å². The van der Waals surface area contributed by atoms with E-state index in [9.17, 15) is 29.7 Å². The summed E-state index contributed by atoms with van der Waals surface area (Å²) in [5.41, 5.74) is 15.8. The number of pyridine rings is 2. The summed E-state index contributed by atoms with van der Waals surface area (Å²) in [6, 6.07) is 11.2. The Hall–Kier alpha value is -4.46. The van der Waals surface area contributed by atoms with Gasteiger partial charge in [0.1, 0.15) is 46.0 Å².